The van der Waals surface area contributed by atoms with Gasteiger partial charge in [0, 0.05) is 10.0 Å². The second-order valence-electron chi connectivity index (χ2n) is 4.06. The predicted molar refractivity (Wildman–Crippen MR) is 68.1 cm³/mol. The van der Waals surface area contributed by atoms with Gasteiger partial charge >= 0.3 is 0 Å². The summed E-state index contributed by atoms with van der Waals surface area (Å²) < 4.78 is 8.47. The highest BCUT2D eigenvalue weighted by Crippen LogP contribution is 2.24. The van der Waals surface area contributed by atoms with Crippen LogP contribution in [0.1, 0.15) is 20.8 Å². The molecule has 1 aromatic carbocycles. The van der Waals surface area contributed by atoms with E-state index < -0.39 is 0 Å². The van der Waals surface area contributed by atoms with Crippen molar-refractivity contribution in [3.05, 3.63) is 28.2 Å². The van der Waals surface area contributed by atoms with Gasteiger partial charge in [0.25, 0.3) is 0 Å². The third-order valence-electron chi connectivity index (χ3n) is 1.31. The Kier molecular flexibility index (Phi) is 4.32. The molecule has 0 saturated carbocycles. The van der Waals surface area contributed by atoms with Crippen molar-refractivity contribution < 1.29 is 0 Å². The lowest BCUT2D eigenvalue weighted by molar-refractivity contribution is 0.594. The van der Waals surface area contributed by atoms with E-state index in [4.69, 9.17) is 23.2 Å². The first kappa shape index (κ1) is 12.7. The Hall–Kier alpha value is -0.380. The lowest BCUT2D eigenvalue weighted by Gasteiger charge is -2.06. The van der Waals surface area contributed by atoms with Crippen LogP contribution in [0.2, 0.25) is 10.0 Å². The molecule has 0 radical (unpaired) electrons. The zero-order chi connectivity index (χ0) is 11.5. The fourth-order valence-electron chi connectivity index (χ4n) is 0.782. The van der Waals surface area contributed by atoms with Gasteiger partial charge in [-0.25, -0.2) is 4.36 Å². The van der Waals surface area contributed by atoms with Gasteiger partial charge in [0.2, 0.25) is 0 Å². The molecule has 2 nitrogen and oxygen atoms in total. The third kappa shape index (κ3) is 5.30. The minimum Gasteiger partial charge on any atom is -0.207 e. The van der Waals surface area contributed by atoms with E-state index >= 15 is 0 Å². The molecule has 0 unspecified atom stereocenters. The lowest BCUT2D eigenvalue weighted by atomic mass is 10.1. The van der Waals surface area contributed by atoms with Crippen molar-refractivity contribution in [3.8, 4) is 0 Å². The second kappa shape index (κ2) is 5.10. The highest BCUT2D eigenvalue weighted by molar-refractivity contribution is 7.57. The topological polar surface area (TPSA) is 24.7 Å². The van der Waals surface area contributed by atoms with Crippen LogP contribution in [-0.4, -0.2) is 5.54 Å². The Bertz CT molecular complexity index is 398. The highest BCUT2D eigenvalue weighted by atomic mass is 35.5. The van der Waals surface area contributed by atoms with Crippen molar-refractivity contribution in [3.63, 3.8) is 0 Å². The molecular formula is C10H12Cl2N2S. The minimum absolute atomic E-state index is 0.101. The van der Waals surface area contributed by atoms with Gasteiger partial charge in [0.1, 0.15) is 0 Å². The molecule has 0 aromatic heterocycles. The normalized spacial score (nSPS) is 11.0. The molecule has 0 aliphatic rings. The Morgan fingerprint density at radius 1 is 1.07 bits per heavy atom. The Balaban J connectivity index is 2.95. The lowest BCUT2D eigenvalue weighted by Crippen LogP contribution is -2.07. The van der Waals surface area contributed by atoms with Crippen molar-refractivity contribution in [2.45, 2.75) is 26.3 Å². The van der Waals surface area contributed by atoms with Gasteiger partial charge in [-0.2, -0.15) is 4.36 Å². The summed E-state index contributed by atoms with van der Waals surface area (Å²) in [5.41, 5.74) is 0.627. The van der Waals surface area contributed by atoms with Crippen molar-refractivity contribution in [1.29, 1.82) is 0 Å². The average Bonchev–Trinajstić information content (AvgIpc) is 1.99. The molecule has 0 atom stereocenters. The number of hydrogen-bond acceptors (Lipinski definition) is 2. The van der Waals surface area contributed by atoms with E-state index in [0.29, 0.717) is 10.0 Å². The van der Waals surface area contributed by atoms with Crippen LogP contribution in [0.3, 0.4) is 0 Å². The summed E-state index contributed by atoms with van der Waals surface area (Å²) in [6, 6.07) is 5.17. The summed E-state index contributed by atoms with van der Waals surface area (Å²) in [6.45, 7) is 6.04. The molecule has 0 N–H and O–H groups in total. The number of halogens is 2. The van der Waals surface area contributed by atoms with Gasteiger partial charge in [0.05, 0.1) is 22.6 Å². The molecule has 0 bridgehead atoms. The van der Waals surface area contributed by atoms with E-state index in [2.05, 4.69) is 8.73 Å². The molecule has 1 rings (SSSR count). The van der Waals surface area contributed by atoms with Crippen molar-refractivity contribution in [1.82, 2.24) is 0 Å². The molecule has 0 amide bonds. The van der Waals surface area contributed by atoms with E-state index in [9.17, 15) is 0 Å². The van der Waals surface area contributed by atoms with Gasteiger partial charge in [-0.05, 0) is 39.0 Å². The molecule has 0 aliphatic carbocycles. The highest BCUT2D eigenvalue weighted by Gasteiger charge is 2.04. The van der Waals surface area contributed by atoms with Crippen LogP contribution in [0.5, 0.6) is 0 Å². The van der Waals surface area contributed by atoms with Crippen LogP contribution in [0.15, 0.2) is 26.9 Å². The standard InChI is InChI=1S/C10H12Cl2N2S/c1-10(2,3)14-15-13-9-5-7(11)4-8(12)6-9/h4-6H,1-3H3. The van der Waals surface area contributed by atoms with Gasteiger partial charge in [-0.1, -0.05) is 23.2 Å². The maximum Gasteiger partial charge on any atom is 0.0805 e. The molecular weight excluding hydrogens is 251 g/mol. The molecule has 0 saturated heterocycles. The zero-order valence-electron chi connectivity index (χ0n) is 8.79. The second-order valence-corrected chi connectivity index (χ2v) is 5.46. The average molecular weight is 263 g/mol. The van der Waals surface area contributed by atoms with Crippen molar-refractivity contribution in [2.75, 3.05) is 0 Å². The molecule has 15 heavy (non-hydrogen) atoms. The van der Waals surface area contributed by atoms with Crippen LogP contribution >= 0.6 is 23.2 Å². The summed E-state index contributed by atoms with van der Waals surface area (Å²) in [4.78, 5) is 0. The minimum atomic E-state index is -0.101. The fourth-order valence-corrected chi connectivity index (χ4v) is 1.78. The van der Waals surface area contributed by atoms with E-state index in [-0.39, 0.29) is 5.54 Å². The fraction of sp³-hybridized carbons (Fsp3) is 0.400. The SMILES string of the molecule is CC(C)(C)N=S=Nc1cc(Cl)cc(Cl)c1. The van der Waals surface area contributed by atoms with E-state index in [0.717, 1.165) is 17.0 Å². The molecule has 0 aliphatic heterocycles. The van der Waals surface area contributed by atoms with Crippen LogP contribution < -0.4 is 0 Å². The zero-order valence-corrected chi connectivity index (χ0v) is 11.1. The summed E-state index contributed by atoms with van der Waals surface area (Å²) >= 11 is 12.8. The molecule has 5 heteroatoms. The maximum atomic E-state index is 5.83. The monoisotopic (exact) mass is 262 g/mol. The number of nitrogens with zero attached hydrogens (tertiary/aromatic N) is 2. The first-order chi connectivity index (χ1) is 6.87. The largest absolute Gasteiger partial charge is 0.207 e. The summed E-state index contributed by atoms with van der Waals surface area (Å²) in [5.74, 6) is 0. The van der Waals surface area contributed by atoms with Crippen LogP contribution in [0.25, 0.3) is 0 Å². The van der Waals surface area contributed by atoms with Crippen molar-refractivity contribution in [2.24, 2.45) is 8.73 Å². The quantitative estimate of drug-likeness (QED) is 0.690. The Morgan fingerprint density at radius 3 is 2.07 bits per heavy atom. The summed E-state index contributed by atoms with van der Waals surface area (Å²) in [5, 5.41) is 1.16. The third-order valence-corrected chi connectivity index (χ3v) is 2.67. The van der Waals surface area contributed by atoms with Crippen molar-refractivity contribution >= 4 is 40.2 Å². The van der Waals surface area contributed by atoms with E-state index in [1.165, 1.54) is 0 Å². The van der Waals surface area contributed by atoms with Gasteiger partial charge in [-0.3, -0.25) is 0 Å². The molecule has 1 aromatic rings. The van der Waals surface area contributed by atoms with Gasteiger partial charge in [-0.15, -0.1) is 0 Å². The maximum absolute atomic E-state index is 5.83. The summed E-state index contributed by atoms with van der Waals surface area (Å²) in [6.07, 6.45) is 0. The molecule has 0 fully saturated rings. The van der Waals surface area contributed by atoms with Crippen LogP contribution in [-0.2, 0) is 11.4 Å². The molecule has 0 heterocycles. The van der Waals surface area contributed by atoms with Gasteiger partial charge < -0.3 is 0 Å². The first-order valence-corrected chi connectivity index (χ1v) is 5.91. The smallest absolute Gasteiger partial charge is 0.0805 e. The Labute approximate surface area is 103 Å². The van der Waals surface area contributed by atoms with Crippen LogP contribution in [0.4, 0.5) is 5.69 Å². The number of benzene rings is 1. The molecule has 82 valence electrons. The number of rotatable bonds is 1. The summed E-state index contributed by atoms with van der Waals surface area (Å²) in [7, 11) is 0. The van der Waals surface area contributed by atoms with E-state index in [1.54, 1.807) is 18.2 Å². The van der Waals surface area contributed by atoms with E-state index in [1.807, 2.05) is 20.8 Å². The van der Waals surface area contributed by atoms with Gasteiger partial charge in [0.15, 0.2) is 0 Å². The molecule has 0 spiro atoms. The first-order valence-electron chi connectivity index (χ1n) is 4.42. The number of hydrogen-bond donors (Lipinski definition) is 0. The predicted octanol–water partition coefficient (Wildman–Crippen LogP) is 4.87. The Morgan fingerprint density at radius 2 is 1.60 bits per heavy atom. The van der Waals surface area contributed by atoms with Crippen LogP contribution in [0, 0.1) is 0 Å².